The third-order valence-electron chi connectivity index (χ3n) is 5.55. The number of alkyl halides is 3. The van der Waals surface area contributed by atoms with E-state index in [1.165, 1.54) is 35.0 Å². The van der Waals surface area contributed by atoms with Crippen molar-refractivity contribution in [2.24, 2.45) is 4.99 Å². The summed E-state index contributed by atoms with van der Waals surface area (Å²) in [4.78, 5) is 34.7. The molecule has 0 bridgehead atoms. The number of anilines is 2. The molecular weight excluding hydrogens is 527 g/mol. The van der Waals surface area contributed by atoms with Crippen LogP contribution in [-0.2, 0) is 9.53 Å². The summed E-state index contributed by atoms with van der Waals surface area (Å²) in [6, 6.07) is 13.3. The molecule has 13 heteroatoms. The molecule has 0 spiro atoms. The zero-order valence-electron chi connectivity index (χ0n) is 21.4. The molecule has 0 aliphatic carbocycles. The molecule has 1 aliphatic heterocycles. The van der Waals surface area contributed by atoms with Gasteiger partial charge in [0.25, 0.3) is 5.91 Å². The van der Waals surface area contributed by atoms with Crippen LogP contribution in [0.15, 0.2) is 90.4 Å². The number of nitrogens with one attached hydrogen (secondary N) is 2. The lowest BCUT2D eigenvalue weighted by Crippen LogP contribution is -2.45. The minimum absolute atomic E-state index is 0.0711. The summed E-state index contributed by atoms with van der Waals surface area (Å²) in [5, 5.41) is 9.59. The van der Waals surface area contributed by atoms with E-state index in [-0.39, 0.29) is 24.1 Å². The number of aromatic nitrogens is 3. The van der Waals surface area contributed by atoms with Gasteiger partial charge in [-0.05, 0) is 68.0 Å². The van der Waals surface area contributed by atoms with E-state index in [0.717, 1.165) is 11.6 Å². The molecule has 206 valence electrons. The van der Waals surface area contributed by atoms with Crippen LogP contribution >= 0.6 is 0 Å². The molecule has 0 radical (unpaired) electrons. The normalized spacial score (nSPS) is 13.9. The summed E-state index contributed by atoms with van der Waals surface area (Å²) in [5.74, 6) is -0.188. The van der Waals surface area contributed by atoms with Crippen LogP contribution in [0.1, 0.15) is 12.5 Å². The van der Waals surface area contributed by atoms with E-state index in [1.807, 2.05) is 19.1 Å². The number of halogens is 3. The Labute approximate surface area is 227 Å². The molecule has 1 aromatic heterocycles. The van der Waals surface area contributed by atoms with Crippen LogP contribution in [-0.4, -0.2) is 45.6 Å². The van der Waals surface area contributed by atoms with Crippen LogP contribution in [0.3, 0.4) is 0 Å². The maximum atomic E-state index is 12.6. The predicted molar refractivity (Wildman–Crippen MR) is 144 cm³/mol. The molecule has 4 rings (SSSR count). The number of guanidine groups is 1. The number of ether oxygens (including phenoxy) is 1. The average molecular weight is 552 g/mol. The van der Waals surface area contributed by atoms with Crippen LogP contribution in [0.4, 0.5) is 29.3 Å². The standard InChI is InChI=1S/C27H24F3N7O3/c1-4-21(40-27(28,29)30)14-9-18(3)36-16-32-24(35-36)19-10-12-20(13-11-19)33-26(39)34-25-31-15-23(38)37(25)22-8-6-5-7-17(22)2/h4-14,16H,3,15H2,1-2H3,(H2,31,33,34,39)/b14-9-,21-4+. The maximum absolute atomic E-state index is 12.6. The number of carbonyl (C=O) groups excluding carboxylic acids is 2. The average Bonchev–Trinajstić information content (AvgIpc) is 3.54. The lowest BCUT2D eigenvalue weighted by Gasteiger charge is -2.20. The fourth-order valence-corrected chi connectivity index (χ4v) is 3.64. The summed E-state index contributed by atoms with van der Waals surface area (Å²) in [6.07, 6.45) is 0.163. The quantitative estimate of drug-likeness (QED) is 0.308. The van der Waals surface area contributed by atoms with Crippen molar-refractivity contribution in [2.45, 2.75) is 20.2 Å². The van der Waals surface area contributed by atoms with E-state index in [0.29, 0.717) is 22.8 Å². The molecule has 3 amide bonds. The Morgan fingerprint density at radius 1 is 1.10 bits per heavy atom. The Morgan fingerprint density at radius 2 is 1.82 bits per heavy atom. The van der Waals surface area contributed by atoms with E-state index in [2.05, 4.69) is 37.0 Å². The van der Waals surface area contributed by atoms with Crippen LogP contribution in [0, 0.1) is 6.92 Å². The van der Waals surface area contributed by atoms with Gasteiger partial charge in [-0.2, -0.15) is 0 Å². The van der Waals surface area contributed by atoms with Crippen molar-refractivity contribution in [3.8, 4) is 11.4 Å². The Hall–Kier alpha value is -5.20. The number of amides is 3. The first-order chi connectivity index (χ1) is 19.0. The highest BCUT2D eigenvalue weighted by molar-refractivity contribution is 6.24. The SMILES string of the molecule is C=C(/C=C\C(=C/C)OC(F)(F)F)n1cnc(-c2ccc(NC(=O)NC3=NCC(=O)N3c3ccccc3C)cc2)n1. The van der Waals surface area contributed by atoms with Gasteiger partial charge in [0.15, 0.2) is 5.82 Å². The van der Waals surface area contributed by atoms with E-state index >= 15 is 0 Å². The van der Waals surface area contributed by atoms with Gasteiger partial charge in [-0.3, -0.25) is 10.1 Å². The third kappa shape index (κ3) is 6.81. The highest BCUT2D eigenvalue weighted by atomic mass is 19.4. The van der Waals surface area contributed by atoms with Crippen molar-refractivity contribution in [1.82, 2.24) is 20.1 Å². The van der Waals surface area contributed by atoms with Crippen molar-refractivity contribution >= 4 is 35.0 Å². The van der Waals surface area contributed by atoms with Crippen molar-refractivity contribution in [3.05, 3.63) is 91.0 Å². The monoisotopic (exact) mass is 551 g/mol. The summed E-state index contributed by atoms with van der Waals surface area (Å²) in [7, 11) is 0. The van der Waals surface area contributed by atoms with Crippen molar-refractivity contribution in [1.29, 1.82) is 0 Å². The van der Waals surface area contributed by atoms with Gasteiger partial charge in [-0.25, -0.2) is 24.4 Å². The smallest absolute Gasteiger partial charge is 0.406 e. The van der Waals surface area contributed by atoms with Crippen LogP contribution in [0.2, 0.25) is 0 Å². The van der Waals surface area contributed by atoms with E-state index < -0.39 is 18.2 Å². The highest BCUT2D eigenvalue weighted by Gasteiger charge is 2.31. The Morgan fingerprint density at radius 3 is 2.50 bits per heavy atom. The van der Waals surface area contributed by atoms with Crippen LogP contribution < -0.4 is 15.5 Å². The van der Waals surface area contributed by atoms with Gasteiger partial charge < -0.3 is 10.1 Å². The molecule has 1 aliphatic rings. The fourth-order valence-electron chi connectivity index (χ4n) is 3.64. The van der Waals surface area contributed by atoms with Gasteiger partial charge >= 0.3 is 12.4 Å². The minimum atomic E-state index is -4.80. The number of hydrogen-bond donors (Lipinski definition) is 2. The minimum Gasteiger partial charge on any atom is -0.406 e. The second-order valence-electron chi connectivity index (χ2n) is 8.39. The Kier molecular flexibility index (Phi) is 8.12. The van der Waals surface area contributed by atoms with Gasteiger partial charge in [0.05, 0.1) is 11.4 Å². The van der Waals surface area contributed by atoms with Gasteiger partial charge in [-0.15, -0.1) is 18.3 Å². The molecule has 0 saturated heterocycles. The molecular formula is C27H24F3N7O3. The molecule has 3 aromatic rings. The number of hydrogen-bond acceptors (Lipinski definition) is 6. The van der Waals surface area contributed by atoms with Crippen LogP contribution in [0.5, 0.6) is 0 Å². The number of aliphatic imine (C=N–C) groups is 1. The van der Waals surface area contributed by atoms with Gasteiger partial charge in [-0.1, -0.05) is 24.8 Å². The van der Waals surface area contributed by atoms with Gasteiger partial charge in [0.1, 0.15) is 18.6 Å². The first kappa shape index (κ1) is 27.8. The highest BCUT2D eigenvalue weighted by Crippen LogP contribution is 2.24. The van der Waals surface area contributed by atoms with E-state index in [9.17, 15) is 22.8 Å². The molecule has 0 unspecified atom stereocenters. The van der Waals surface area contributed by atoms with Crippen LogP contribution in [0.25, 0.3) is 17.1 Å². The number of allylic oxidation sites excluding steroid dienone is 4. The summed E-state index contributed by atoms with van der Waals surface area (Å²) in [5.41, 5.74) is 2.83. The zero-order valence-corrected chi connectivity index (χ0v) is 21.4. The number of rotatable bonds is 7. The topological polar surface area (TPSA) is 114 Å². The predicted octanol–water partition coefficient (Wildman–Crippen LogP) is 5.24. The van der Waals surface area contributed by atoms with Crippen molar-refractivity contribution in [2.75, 3.05) is 16.8 Å². The third-order valence-corrected chi connectivity index (χ3v) is 5.55. The molecule has 2 heterocycles. The van der Waals surface area contributed by atoms with E-state index in [4.69, 9.17) is 0 Å². The molecule has 2 aromatic carbocycles. The first-order valence-electron chi connectivity index (χ1n) is 11.9. The Bertz CT molecular complexity index is 1520. The first-order valence-corrected chi connectivity index (χ1v) is 11.9. The molecule has 0 atom stereocenters. The number of carbonyl (C=O) groups is 2. The number of aryl methyl sites for hydroxylation is 1. The van der Waals surface area contributed by atoms with E-state index in [1.54, 1.807) is 36.4 Å². The van der Waals surface area contributed by atoms with Crippen molar-refractivity contribution < 1.29 is 27.5 Å². The van der Waals surface area contributed by atoms with Crippen molar-refractivity contribution in [3.63, 3.8) is 0 Å². The molecule has 2 N–H and O–H groups in total. The summed E-state index contributed by atoms with van der Waals surface area (Å²) >= 11 is 0. The lowest BCUT2D eigenvalue weighted by molar-refractivity contribution is -0.303. The lowest BCUT2D eigenvalue weighted by atomic mass is 10.2. The summed E-state index contributed by atoms with van der Waals surface area (Å²) in [6.45, 7) is 6.98. The van der Waals surface area contributed by atoms with Gasteiger partial charge in [0, 0.05) is 11.3 Å². The second kappa shape index (κ2) is 11.7. The number of nitrogens with zero attached hydrogens (tertiary/aromatic N) is 5. The zero-order chi connectivity index (χ0) is 28.9. The number of para-hydroxylation sites is 1. The second-order valence-corrected chi connectivity index (χ2v) is 8.39. The molecule has 40 heavy (non-hydrogen) atoms. The number of benzene rings is 2. The maximum Gasteiger partial charge on any atom is 0.573 e. The molecule has 10 nitrogen and oxygen atoms in total. The molecule has 0 fully saturated rings. The molecule has 0 saturated carbocycles. The number of urea groups is 1. The largest absolute Gasteiger partial charge is 0.573 e. The fraction of sp³-hybridized carbons (Fsp3) is 0.148. The Balaban J connectivity index is 1.37. The van der Waals surface area contributed by atoms with Gasteiger partial charge in [0.2, 0.25) is 5.96 Å². The summed E-state index contributed by atoms with van der Waals surface area (Å²) < 4.78 is 42.5.